The summed E-state index contributed by atoms with van der Waals surface area (Å²) in [6.07, 6.45) is 7.02. The predicted octanol–water partition coefficient (Wildman–Crippen LogP) is 2.41. The summed E-state index contributed by atoms with van der Waals surface area (Å²) in [6, 6.07) is 0.372. The average Bonchev–Trinajstić information content (AvgIpc) is 2.77. The summed E-state index contributed by atoms with van der Waals surface area (Å²) in [6.45, 7) is 10.1. The number of piperidine rings is 1. The number of ether oxygens (including phenoxy) is 2. The molecule has 2 rings (SSSR count). The lowest BCUT2D eigenvalue weighted by atomic mass is 9.98. The predicted molar refractivity (Wildman–Crippen MR) is 117 cm³/mol. The van der Waals surface area contributed by atoms with Crippen LogP contribution >= 0.6 is 0 Å². The molecule has 2 N–H and O–H groups in total. The first-order chi connectivity index (χ1) is 14.2. The lowest BCUT2D eigenvalue weighted by molar-refractivity contribution is -0.136. The second-order valence-electron chi connectivity index (χ2n) is 8.24. The molecule has 0 saturated carbocycles. The fourth-order valence-electron chi connectivity index (χ4n) is 4.07. The van der Waals surface area contributed by atoms with Crippen LogP contribution < -0.4 is 10.6 Å². The topological polar surface area (TPSA) is 75.2 Å². The number of nitrogens with one attached hydrogen (secondary N) is 2. The van der Waals surface area contributed by atoms with E-state index >= 15 is 0 Å². The van der Waals surface area contributed by atoms with Gasteiger partial charge in [-0.1, -0.05) is 13.8 Å². The minimum atomic E-state index is 0.183. The van der Waals surface area contributed by atoms with Crippen LogP contribution in [0.3, 0.4) is 0 Å². The van der Waals surface area contributed by atoms with Gasteiger partial charge >= 0.3 is 0 Å². The second-order valence-corrected chi connectivity index (χ2v) is 8.24. The summed E-state index contributed by atoms with van der Waals surface area (Å²) in [4.78, 5) is 18.9. The van der Waals surface area contributed by atoms with Crippen LogP contribution in [0.1, 0.15) is 58.8 Å². The van der Waals surface area contributed by atoms with Crippen LogP contribution in [-0.2, 0) is 14.3 Å². The van der Waals surface area contributed by atoms with Gasteiger partial charge in [-0.3, -0.25) is 9.79 Å². The molecule has 29 heavy (non-hydrogen) atoms. The van der Waals surface area contributed by atoms with Crippen molar-refractivity contribution in [2.45, 2.75) is 64.8 Å². The number of carbonyl (C=O) groups is 1. The van der Waals surface area contributed by atoms with E-state index in [9.17, 15) is 4.79 Å². The molecule has 7 heteroatoms. The first-order valence-corrected chi connectivity index (χ1v) is 11.6. The Labute approximate surface area is 177 Å². The fourth-order valence-corrected chi connectivity index (χ4v) is 4.07. The molecule has 0 bridgehead atoms. The summed E-state index contributed by atoms with van der Waals surface area (Å²) in [7, 11) is 1.81. The van der Waals surface area contributed by atoms with E-state index in [1.165, 1.54) is 0 Å². The Balaban J connectivity index is 1.56. The summed E-state index contributed by atoms with van der Waals surface area (Å²) >= 11 is 0. The molecule has 0 atom stereocenters. The van der Waals surface area contributed by atoms with E-state index in [2.05, 4.69) is 29.5 Å². The van der Waals surface area contributed by atoms with Gasteiger partial charge in [-0.2, -0.15) is 0 Å². The van der Waals surface area contributed by atoms with Crippen LogP contribution in [0.25, 0.3) is 0 Å². The molecule has 1 amide bonds. The summed E-state index contributed by atoms with van der Waals surface area (Å²) < 4.78 is 11.2. The molecule has 2 saturated heterocycles. The van der Waals surface area contributed by atoms with Crippen molar-refractivity contribution in [2.75, 3.05) is 53.1 Å². The van der Waals surface area contributed by atoms with Crippen LogP contribution in [-0.4, -0.2) is 75.9 Å². The Morgan fingerprint density at radius 1 is 1.17 bits per heavy atom. The van der Waals surface area contributed by atoms with Crippen molar-refractivity contribution in [3.05, 3.63) is 0 Å². The van der Waals surface area contributed by atoms with Crippen molar-refractivity contribution in [2.24, 2.45) is 16.8 Å². The Bertz CT molecular complexity index is 482. The maximum absolute atomic E-state index is 12.5. The zero-order valence-electron chi connectivity index (χ0n) is 18.8. The average molecular weight is 411 g/mol. The van der Waals surface area contributed by atoms with E-state index in [-0.39, 0.29) is 5.92 Å². The van der Waals surface area contributed by atoms with Crippen molar-refractivity contribution in [1.29, 1.82) is 0 Å². The van der Waals surface area contributed by atoms with Gasteiger partial charge in [0.15, 0.2) is 5.96 Å². The highest BCUT2D eigenvalue weighted by Crippen LogP contribution is 2.17. The number of guanidine groups is 1. The van der Waals surface area contributed by atoms with Crippen molar-refractivity contribution in [1.82, 2.24) is 15.5 Å². The first-order valence-electron chi connectivity index (χ1n) is 11.6. The number of rotatable bonds is 10. The SMILES string of the molecule is CCC(CC)C(=O)N1CCC(NC(=NC)NCCCOCC2CCOCC2)CC1. The Morgan fingerprint density at radius 2 is 1.86 bits per heavy atom. The van der Waals surface area contributed by atoms with Gasteiger partial charge in [-0.25, -0.2) is 0 Å². The van der Waals surface area contributed by atoms with Crippen molar-refractivity contribution in [3.8, 4) is 0 Å². The van der Waals surface area contributed by atoms with E-state index < -0.39 is 0 Å². The standard InChI is InChI=1S/C22H42N4O3/c1-4-19(5-2)21(27)26-12-7-20(8-13-26)25-22(23-3)24-11-6-14-29-17-18-9-15-28-16-10-18/h18-20H,4-17H2,1-3H3,(H2,23,24,25). The minimum absolute atomic E-state index is 0.183. The normalized spacial score (nSPS) is 19.6. The van der Waals surface area contributed by atoms with Crippen LogP contribution in [0.4, 0.5) is 0 Å². The number of nitrogens with zero attached hydrogens (tertiary/aromatic N) is 2. The molecule has 7 nitrogen and oxygen atoms in total. The van der Waals surface area contributed by atoms with Gasteiger partial charge in [0, 0.05) is 65.1 Å². The van der Waals surface area contributed by atoms with Gasteiger partial charge in [-0.05, 0) is 50.9 Å². The highest BCUT2D eigenvalue weighted by molar-refractivity contribution is 5.80. The largest absolute Gasteiger partial charge is 0.381 e. The first kappa shape index (κ1) is 23.9. The number of hydrogen-bond donors (Lipinski definition) is 2. The van der Waals surface area contributed by atoms with E-state index in [1.807, 2.05) is 11.9 Å². The third-order valence-electron chi connectivity index (χ3n) is 6.16. The van der Waals surface area contributed by atoms with Crippen LogP contribution in [0.15, 0.2) is 4.99 Å². The van der Waals surface area contributed by atoms with Gasteiger partial charge in [0.2, 0.25) is 5.91 Å². The number of hydrogen-bond acceptors (Lipinski definition) is 4. The number of likely N-dealkylation sites (tertiary alicyclic amines) is 1. The molecular weight excluding hydrogens is 368 g/mol. The second kappa shape index (κ2) is 13.8. The molecule has 0 radical (unpaired) electrons. The van der Waals surface area contributed by atoms with Gasteiger partial charge in [0.1, 0.15) is 0 Å². The minimum Gasteiger partial charge on any atom is -0.381 e. The van der Waals surface area contributed by atoms with E-state index in [4.69, 9.17) is 9.47 Å². The lowest BCUT2D eigenvalue weighted by Gasteiger charge is -2.34. The van der Waals surface area contributed by atoms with Crippen LogP contribution in [0.5, 0.6) is 0 Å². The quantitative estimate of drug-likeness (QED) is 0.329. The lowest BCUT2D eigenvalue weighted by Crippen LogP contribution is -2.50. The maximum Gasteiger partial charge on any atom is 0.225 e. The van der Waals surface area contributed by atoms with Crippen molar-refractivity contribution < 1.29 is 14.3 Å². The molecule has 0 spiro atoms. The van der Waals surface area contributed by atoms with E-state index in [1.54, 1.807) is 0 Å². The van der Waals surface area contributed by atoms with Crippen molar-refractivity contribution >= 4 is 11.9 Å². The molecule has 168 valence electrons. The van der Waals surface area contributed by atoms with Crippen molar-refractivity contribution in [3.63, 3.8) is 0 Å². The number of aliphatic imine (C=N–C) groups is 1. The Morgan fingerprint density at radius 3 is 2.48 bits per heavy atom. The molecule has 0 aromatic rings. The molecule has 2 fully saturated rings. The molecule has 2 aliphatic heterocycles. The van der Waals surface area contributed by atoms with Gasteiger partial charge in [-0.15, -0.1) is 0 Å². The Kier molecular flexibility index (Phi) is 11.4. The zero-order chi connectivity index (χ0) is 20.9. The highest BCUT2D eigenvalue weighted by Gasteiger charge is 2.26. The molecule has 0 aromatic heterocycles. The number of amides is 1. The fraction of sp³-hybridized carbons (Fsp3) is 0.909. The van der Waals surface area contributed by atoms with Gasteiger partial charge in [0.05, 0.1) is 0 Å². The molecule has 0 unspecified atom stereocenters. The summed E-state index contributed by atoms with van der Waals surface area (Å²) in [5.74, 6) is 2.02. The number of carbonyl (C=O) groups excluding carboxylic acids is 1. The van der Waals surface area contributed by atoms with E-state index in [0.717, 1.165) is 97.0 Å². The van der Waals surface area contributed by atoms with Gasteiger partial charge < -0.3 is 25.0 Å². The van der Waals surface area contributed by atoms with Gasteiger partial charge in [0.25, 0.3) is 0 Å². The molecular formula is C22H42N4O3. The summed E-state index contributed by atoms with van der Waals surface area (Å²) in [5.41, 5.74) is 0. The van der Waals surface area contributed by atoms with E-state index in [0.29, 0.717) is 17.9 Å². The summed E-state index contributed by atoms with van der Waals surface area (Å²) in [5, 5.41) is 6.90. The monoisotopic (exact) mass is 410 g/mol. The Hall–Kier alpha value is -1.34. The van der Waals surface area contributed by atoms with Crippen LogP contribution in [0.2, 0.25) is 0 Å². The highest BCUT2D eigenvalue weighted by atomic mass is 16.5. The molecule has 2 aliphatic rings. The third kappa shape index (κ3) is 8.51. The molecule has 2 heterocycles. The third-order valence-corrected chi connectivity index (χ3v) is 6.16. The maximum atomic E-state index is 12.5. The molecule has 0 aromatic carbocycles. The zero-order valence-corrected chi connectivity index (χ0v) is 18.8. The smallest absolute Gasteiger partial charge is 0.225 e. The van der Waals surface area contributed by atoms with Crippen LogP contribution in [0, 0.1) is 11.8 Å². The molecule has 0 aliphatic carbocycles.